The molecule has 1 unspecified atom stereocenters. The second-order valence-electron chi connectivity index (χ2n) is 9.42. The Labute approximate surface area is 234 Å². The first-order chi connectivity index (χ1) is 19.7. The van der Waals surface area contributed by atoms with Crippen LogP contribution in [0.1, 0.15) is 44.5 Å². The van der Waals surface area contributed by atoms with Crippen molar-refractivity contribution >= 4 is 23.2 Å². The van der Waals surface area contributed by atoms with Crippen molar-refractivity contribution < 1.29 is 27.8 Å². The number of anilines is 2. The number of halogens is 2. The van der Waals surface area contributed by atoms with Crippen molar-refractivity contribution in [3.63, 3.8) is 0 Å². The summed E-state index contributed by atoms with van der Waals surface area (Å²) in [5, 5.41) is 16.3. The van der Waals surface area contributed by atoms with Crippen molar-refractivity contribution in [1.82, 2.24) is 9.78 Å². The molecule has 0 saturated carbocycles. The van der Waals surface area contributed by atoms with Gasteiger partial charge in [-0.3, -0.25) is 14.3 Å². The number of rotatable bonds is 7. The third-order valence-electron chi connectivity index (χ3n) is 6.92. The number of nitriles is 1. The number of fused-ring (bicyclic) bond motifs is 1. The van der Waals surface area contributed by atoms with Crippen LogP contribution in [-0.4, -0.2) is 41.9 Å². The minimum atomic E-state index is -3.33. The van der Waals surface area contributed by atoms with E-state index < -0.39 is 17.7 Å². The Bertz CT molecular complexity index is 1680. The number of methoxy groups -OCH3 is 2. The van der Waals surface area contributed by atoms with E-state index in [0.717, 1.165) is 0 Å². The molecule has 0 bridgehead atoms. The zero-order valence-corrected chi connectivity index (χ0v) is 22.4. The Morgan fingerprint density at radius 3 is 2.46 bits per heavy atom. The molecule has 1 N–H and O–H groups in total. The quantitative estimate of drug-likeness (QED) is 0.334. The number of carbonyl (C=O) groups is 2. The molecular formula is C30H25F2N5O4. The molecule has 0 aliphatic carbocycles. The van der Waals surface area contributed by atoms with Crippen LogP contribution >= 0.6 is 0 Å². The normalized spacial score (nSPS) is 14.7. The van der Waals surface area contributed by atoms with E-state index in [4.69, 9.17) is 9.47 Å². The molecule has 0 saturated heterocycles. The minimum absolute atomic E-state index is 0.0720. The summed E-state index contributed by atoms with van der Waals surface area (Å²) in [4.78, 5) is 28.2. The summed E-state index contributed by atoms with van der Waals surface area (Å²) >= 11 is 0. The van der Waals surface area contributed by atoms with Crippen LogP contribution < -0.4 is 19.7 Å². The monoisotopic (exact) mass is 557 g/mol. The Balaban J connectivity index is 1.41. The number of alkyl halides is 2. The number of ether oxygens (including phenoxy) is 2. The van der Waals surface area contributed by atoms with Gasteiger partial charge in [0, 0.05) is 16.8 Å². The average Bonchev–Trinajstić information content (AvgIpc) is 3.39. The Morgan fingerprint density at radius 1 is 1.07 bits per heavy atom. The average molecular weight is 558 g/mol. The van der Waals surface area contributed by atoms with Gasteiger partial charge in [0.25, 0.3) is 11.8 Å². The summed E-state index contributed by atoms with van der Waals surface area (Å²) in [5.74, 6) is -3.92. The largest absolute Gasteiger partial charge is 0.496 e. The molecule has 208 valence electrons. The number of nitrogens with zero attached hydrogens (tertiary/aromatic N) is 4. The van der Waals surface area contributed by atoms with Crippen LogP contribution in [0.5, 0.6) is 11.5 Å². The SMILES string of the molecule is COc1ccc(C(=O)Nc2cnn3c2C(=O)N(c2ccc(C(F)(F)c4ccccc4OC)cc2)C(C)C3)cc1C#N. The molecule has 41 heavy (non-hydrogen) atoms. The van der Waals surface area contributed by atoms with E-state index in [1.54, 1.807) is 6.07 Å². The van der Waals surface area contributed by atoms with Gasteiger partial charge in [-0.25, -0.2) is 0 Å². The number of benzene rings is 3. The summed E-state index contributed by atoms with van der Waals surface area (Å²) < 4.78 is 42.5. The number of para-hydroxylation sites is 1. The van der Waals surface area contributed by atoms with Gasteiger partial charge in [-0.2, -0.15) is 19.1 Å². The van der Waals surface area contributed by atoms with Crippen molar-refractivity contribution in [3.05, 3.63) is 101 Å². The second-order valence-corrected chi connectivity index (χ2v) is 9.42. The maximum atomic E-state index is 15.4. The first-order valence-corrected chi connectivity index (χ1v) is 12.6. The molecule has 2 amide bonds. The smallest absolute Gasteiger partial charge is 0.302 e. The summed E-state index contributed by atoms with van der Waals surface area (Å²) in [6, 6.07) is 17.5. The minimum Gasteiger partial charge on any atom is -0.496 e. The molecule has 1 aromatic heterocycles. The first-order valence-electron chi connectivity index (χ1n) is 12.6. The molecule has 9 nitrogen and oxygen atoms in total. The van der Waals surface area contributed by atoms with Crippen molar-refractivity contribution in [2.75, 3.05) is 24.4 Å². The van der Waals surface area contributed by atoms with Gasteiger partial charge in [0.1, 0.15) is 23.3 Å². The molecule has 5 rings (SSSR count). The van der Waals surface area contributed by atoms with Crippen molar-refractivity contribution in [3.8, 4) is 17.6 Å². The summed E-state index contributed by atoms with van der Waals surface area (Å²) in [7, 11) is 2.76. The zero-order chi connectivity index (χ0) is 29.3. The van der Waals surface area contributed by atoms with Gasteiger partial charge >= 0.3 is 5.92 Å². The summed E-state index contributed by atoms with van der Waals surface area (Å²) in [6.07, 6.45) is 1.38. The molecule has 0 radical (unpaired) electrons. The van der Waals surface area contributed by atoms with Crippen LogP contribution in [0.25, 0.3) is 0 Å². The predicted octanol–water partition coefficient (Wildman–Crippen LogP) is 5.21. The van der Waals surface area contributed by atoms with Crippen LogP contribution in [0, 0.1) is 11.3 Å². The van der Waals surface area contributed by atoms with Crippen LogP contribution in [0.3, 0.4) is 0 Å². The molecule has 4 aromatic rings. The second kappa shape index (κ2) is 10.7. The van der Waals surface area contributed by atoms with E-state index >= 15 is 8.78 Å². The van der Waals surface area contributed by atoms with Crippen LogP contribution in [0.2, 0.25) is 0 Å². The number of aromatic nitrogens is 2. The van der Waals surface area contributed by atoms with Crippen molar-refractivity contribution in [2.24, 2.45) is 0 Å². The lowest BCUT2D eigenvalue weighted by Gasteiger charge is -2.34. The third-order valence-corrected chi connectivity index (χ3v) is 6.92. The number of amides is 2. The fourth-order valence-corrected chi connectivity index (χ4v) is 4.88. The number of carbonyl (C=O) groups excluding carboxylic acids is 2. The lowest BCUT2D eigenvalue weighted by Crippen LogP contribution is -2.47. The fraction of sp³-hybridized carbons (Fsp3) is 0.200. The maximum absolute atomic E-state index is 15.4. The van der Waals surface area contributed by atoms with Crippen molar-refractivity contribution in [1.29, 1.82) is 5.26 Å². The van der Waals surface area contributed by atoms with Gasteiger partial charge in [-0.1, -0.05) is 24.3 Å². The molecule has 1 atom stereocenters. The molecule has 11 heteroatoms. The highest BCUT2D eigenvalue weighted by molar-refractivity contribution is 6.13. The summed E-state index contributed by atoms with van der Waals surface area (Å²) in [5.41, 5.74) is 0.619. The highest BCUT2D eigenvalue weighted by Gasteiger charge is 2.38. The number of hydrogen-bond acceptors (Lipinski definition) is 6. The van der Waals surface area contributed by atoms with E-state index in [1.165, 1.54) is 90.7 Å². The van der Waals surface area contributed by atoms with E-state index in [-0.39, 0.29) is 45.4 Å². The molecule has 1 aliphatic heterocycles. The van der Waals surface area contributed by atoms with Crippen LogP contribution in [0.15, 0.2) is 72.9 Å². The molecule has 0 fully saturated rings. The molecular weight excluding hydrogens is 532 g/mol. The van der Waals surface area contributed by atoms with Gasteiger partial charge in [-0.05, 0) is 49.4 Å². The molecule has 3 aromatic carbocycles. The highest BCUT2D eigenvalue weighted by atomic mass is 19.3. The zero-order valence-electron chi connectivity index (χ0n) is 22.4. The molecule has 1 aliphatic rings. The number of nitrogens with one attached hydrogen (secondary N) is 1. The van der Waals surface area contributed by atoms with E-state index in [2.05, 4.69) is 10.4 Å². The molecule has 0 spiro atoms. The fourth-order valence-electron chi connectivity index (χ4n) is 4.88. The lowest BCUT2D eigenvalue weighted by atomic mass is 9.98. The molecule has 2 heterocycles. The van der Waals surface area contributed by atoms with Gasteiger partial charge in [0.2, 0.25) is 0 Å². The van der Waals surface area contributed by atoms with E-state index in [1.807, 2.05) is 13.0 Å². The summed E-state index contributed by atoms with van der Waals surface area (Å²) in [6.45, 7) is 2.14. The lowest BCUT2D eigenvalue weighted by molar-refractivity contribution is 0.0402. The number of hydrogen-bond donors (Lipinski definition) is 1. The Morgan fingerprint density at radius 2 is 1.78 bits per heavy atom. The topological polar surface area (TPSA) is 109 Å². The highest BCUT2D eigenvalue weighted by Crippen LogP contribution is 2.41. The van der Waals surface area contributed by atoms with Crippen LogP contribution in [0.4, 0.5) is 20.2 Å². The van der Waals surface area contributed by atoms with Crippen molar-refractivity contribution in [2.45, 2.75) is 25.4 Å². The van der Waals surface area contributed by atoms with Gasteiger partial charge in [0.05, 0.1) is 49.8 Å². The van der Waals surface area contributed by atoms with E-state index in [0.29, 0.717) is 18.0 Å². The van der Waals surface area contributed by atoms with Crippen LogP contribution in [-0.2, 0) is 12.5 Å². The maximum Gasteiger partial charge on any atom is 0.302 e. The van der Waals surface area contributed by atoms with Gasteiger partial charge in [0.15, 0.2) is 0 Å². The predicted molar refractivity (Wildman–Crippen MR) is 147 cm³/mol. The Hall–Kier alpha value is -5.24. The third kappa shape index (κ3) is 4.84. The van der Waals surface area contributed by atoms with Gasteiger partial charge in [-0.15, -0.1) is 0 Å². The van der Waals surface area contributed by atoms with E-state index in [9.17, 15) is 14.9 Å². The first kappa shape index (κ1) is 27.3. The van der Waals surface area contributed by atoms with Gasteiger partial charge < -0.3 is 19.7 Å². The standard InChI is InChI=1S/C30H25F2N5O4/c1-18-17-36-27(24(16-34-36)35-28(38)19-8-13-25(40-2)20(14-19)15-33)29(39)37(18)22-11-9-21(10-12-22)30(31,32)23-6-4-5-7-26(23)41-3/h4-14,16,18H,17H2,1-3H3,(H,35,38). The Kier molecular flexibility index (Phi) is 7.15.